The maximum atomic E-state index is 9.56. The molecule has 1 aromatic carbocycles. The Bertz CT molecular complexity index is 459. The lowest BCUT2D eigenvalue weighted by Gasteiger charge is -2.27. The van der Waals surface area contributed by atoms with Crippen molar-refractivity contribution in [2.24, 2.45) is 4.99 Å². The summed E-state index contributed by atoms with van der Waals surface area (Å²) in [7, 11) is 0. The van der Waals surface area contributed by atoms with Crippen molar-refractivity contribution in [3.63, 3.8) is 0 Å². The number of benzene rings is 1. The van der Waals surface area contributed by atoms with Crippen molar-refractivity contribution in [3.8, 4) is 0 Å². The number of rotatable bonds is 4. The Morgan fingerprint density at radius 1 is 1.23 bits per heavy atom. The van der Waals surface area contributed by atoms with Crippen molar-refractivity contribution in [3.05, 3.63) is 34.3 Å². The molecule has 1 fully saturated rings. The van der Waals surface area contributed by atoms with E-state index in [1.165, 1.54) is 5.56 Å². The fraction of sp³-hybridized carbons (Fsp3) is 0.562. The van der Waals surface area contributed by atoms with Gasteiger partial charge in [-0.15, -0.1) is 24.0 Å². The minimum absolute atomic E-state index is 0. The average molecular weight is 482 g/mol. The number of aliphatic imine (C=N–C) groups is 1. The second-order valence-electron chi connectivity index (χ2n) is 5.47. The molecule has 1 aromatic rings. The molecule has 124 valence electrons. The molecule has 0 aliphatic heterocycles. The van der Waals surface area contributed by atoms with Crippen LogP contribution in [-0.4, -0.2) is 29.8 Å². The van der Waals surface area contributed by atoms with Gasteiger partial charge in [0.15, 0.2) is 5.96 Å². The molecule has 0 heterocycles. The standard InChI is InChI=1S/C16H24BrN3O.HI/c1-2-18-16(20-14-7-9-15(21)10-8-14)19-11-12-3-5-13(17)6-4-12;/h3-6,14-15,21H,2,7-11H2,1H3,(H2,18,19,20);1H. The molecule has 1 aliphatic carbocycles. The van der Waals surface area contributed by atoms with Gasteiger partial charge in [-0.1, -0.05) is 28.1 Å². The molecule has 0 bridgehead atoms. The topological polar surface area (TPSA) is 56.7 Å². The summed E-state index contributed by atoms with van der Waals surface area (Å²) >= 11 is 3.44. The van der Waals surface area contributed by atoms with Crippen LogP contribution >= 0.6 is 39.9 Å². The highest BCUT2D eigenvalue weighted by molar-refractivity contribution is 14.0. The zero-order chi connectivity index (χ0) is 15.1. The molecule has 0 atom stereocenters. The molecule has 2 rings (SSSR count). The number of aliphatic hydroxyl groups is 1. The second-order valence-corrected chi connectivity index (χ2v) is 6.39. The maximum Gasteiger partial charge on any atom is 0.191 e. The average Bonchev–Trinajstić information content (AvgIpc) is 2.49. The summed E-state index contributed by atoms with van der Waals surface area (Å²) in [6.07, 6.45) is 3.65. The van der Waals surface area contributed by atoms with Gasteiger partial charge in [-0.2, -0.15) is 0 Å². The number of hydrogen-bond donors (Lipinski definition) is 3. The molecule has 0 amide bonds. The van der Waals surface area contributed by atoms with E-state index in [2.05, 4.69) is 50.6 Å². The van der Waals surface area contributed by atoms with Crippen LogP contribution in [0.15, 0.2) is 33.7 Å². The zero-order valence-corrected chi connectivity index (χ0v) is 16.8. The van der Waals surface area contributed by atoms with E-state index < -0.39 is 0 Å². The van der Waals surface area contributed by atoms with E-state index in [1.54, 1.807) is 0 Å². The van der Waals surface area contributed by atoms with E-state index in [0.29, 0.717) is 12.6 Å². The molecule has 3 N–H and O–H groups in total. The van der Waals surface area contributed by atoms with Gasteiger partial charge in [-0.3, -0.25) is 0 Å². The molecule has 1 aliphatic rings. The summed E-state index contributed by atoms with van der Waals surface area (Å²) in [4.78, 5) is 4.64. The SMILES string of the molecule is CCNC(=NCc1ccc(Br)cc1)NC1CCC(O)CC1.I. The minimum Gasteiger partial charge on any atom is -0.393 e. The van der Waals surface area contributed by atoms with Gasteiger partial charge in [0, 0.05) is 17.1 Å². The summed E-state index contributed by atoms with van der Waals surface area (Å²) < 4.78 is 1.08. The van der Waals surface area contributed by atoms with Gasteiger partial charge in [0.2, 0.25) is 0 Å². The Morgan fingerprint density at radius 3 is 2.45 bits per heavy atom. The molecular formula is C16H25BrIN3O. The third-order valence-electron chi connectivity index (χ3n) is 3.71. The number of guanidine groups is 1. The molecule has 0 radical (unpaired) electrons. The first-order valence-corrected chi connectivity index (χ1v) is 8.44. The van der Waals surface area contributed by atoms with Gasteiger partial charge in [0.25, 0.3) is 0 Å². The van der Waals surface area contributed by atoms with Crippen LogP contribution in [0.1, 0.15) is 38.2 Å². The first kappa shape index (κ1) is 19.7. The Hall–Kier alpha value is -0.340. The highest BCUT2D eigenvalue weighted by Gasteiger charge is 2.19. The molecule has 4 nitrogen and oxygen atoms in total. The quantitative estimate of drug-likeness (QED) is 0.351. The van der Waals surface area contributed by atoms with Crippen molar-refractivity contribution in [1.29, 1.82) is 0 Å². The third kappa shape index (κ3) is 6.83. The maximum absolute atomic E-state index is 9.56. The normalized spacial score (nSPS) is 21.9. The molecule has 0 unspecified atom stereocenters. The van der Waals surface area contributed by atoms with Crippen molar-refractivity contribution in [1.82, 2.24) is 10.6 Å². The van der Waals surface area contributed by atoms with E-state index in [1.807, 2.05) is 12.1 Å². The number of nitrogens with one attached hydrogen (secondary N) is 2. The zero-order valence-electron chi connectivity index (χ0n) is 12.9. The van der Waals surface area contributed by atoms with Crippen molar-refractivity contribution in [2.75, 3.05) is 6.54 Å². The summed E-state index contributed by atoms with van der Waals surface area (Å²) in [6, 6.07) is 8.64. The van der Waals surface area contributed by atoms with Crippen LogP contribution < -0.4 is 10.6 Å². The lowest BCUT2D eigenvalue weighted by Crippen LogP contribution is -2.45. The number of halogens is 2. The summed E-state index contributed by atoms with van der Waals surface area (Å²) in [5.74, 6) is 0.863. The molecule has 0 aromatic heterocycles. The smallest absolute Gasteiger partial charge is 0.191 e. The van der Waals surface area contributed by atoms with E-state index in [-0.39, 0.29) is 30.1 Å². The van der Waals surface area contributed by atoms with Crippen molar-refractivity contribution >= 4 is 45.9 Å². The lowest BCUT2D eigenvalue weighted by molar-refractivity contribution is 0.120. The highest BCUT2D eigenvalue weighted by atomic mass is 127. The summed E-state index contributed by atoms with van der Waals surface area (Å²) in [5.41, 5.74) is 1.19. The van der Waals surface area contributed by atoms with Crippen LogP contribution in [0.3, 0.4) is 0 Å². The number of nitrogens with zero attached hydrogens (tertiary/aromatic N) is 1. The van der Waals surface area contributed by atoms with Gasteiger partial charge in [-0.25, -0.2) is 4.99 Å². The second kappa shape index (κ2) is 10.4. The van der Waals surface area contributed by atoms with Crippen LogP contribution in [0.5, 0.6) is 0 Å². The van der Waals surface area contributed by atoms with Crippen LogP contribution in [0.25, 0.3) is 0 Å². The van der Waals surface area contributed by atoms with Gasteiger partial charge in [-0.05, 0) is 50.3 Å². The molecule has 0 saturated heterocycles. The number of hydrogen-bond acceptors (Lipinski definition) is 2. The van der Waals surface area contributed by atoms with Gasteiger partial charge < -0.3 is 15.7 Å². The Kier molecular flexibility index (Phi) is 9.35. The molecule has 1 saturated carbocycles. The van der Waals surface area contributed by atoms with E-state index in [0.717, 1.165) is 42.7 Å². The minimum atomic E-state index is -0.120. The number of aliphatic hydroxyl groups excluding tert-OH is 1. The van der Waals surface area contributed by atoms with Crippen molar-refractivity contribution in [2.45, 2.75) is 51.3 Å². The largest absolute Gasteiger partial charge is 0.393 e. The summed E-state index contributed by atoms with van der Waals surface area (Å²) in [6.45, 7) is 3.58. The van der Waals surface area contributed by atoms with E-state index >= 15 is 0 Å². The van der Waals surface area contributed by atoms with Gasteiger partial charge >= 0.3 is 0 Å². The first-order valence-electron chi connectivity index (χ1n) is 7.64. The molecule has 0 spiro atoms. The monoisotopic (exact) mass is 481 g/mol. The third-order valence-corrected chi connectivity index (χ3v) is 4.24. The molecular weight excluding hydrogens is 457 g/mol. The molecule has 22 heavy (non-hydrogen) atoms. The van der Waals surface area contributed by atoms with Crippen LogP contribution in [0.2, 0.25) is 0 Å². The Labute approximate surface area is 158 Å². The first-order chi connectivity index (χ1) is 10.2. The highest BCUT2D eigenvalue weighted by Crippen LogP contribution is 2.18. The fourth-order valence-electron chi connectivity index (χ4n) is 2.49. The van der Waals surface area contributed by atoms with Crippen LogP contribution in [0.4, 0.5) is 0 Å². The predicted molar refractivity (Wildman–Crippen MR) is 106 cm³/mol. The van der Waals surface area contributed by atoms with Gasteiger partial charge in [0.05, 0.1) is 12.6 Å². The van der Waals surface area contributed by atoms with Gasteiger partial charge in [0.1, 0.15) is 0 Å². The van der Waals surface area contributed by atoms with Crippen LogP contribution in [-0.2, 0) is 6.54 Å². The molecule has 6 heteroatoms. The predicted octanol–water partition coefficient (Wildman–Crippen LogP) is 3.43. The Balaban J connectivity index is 0.00000242. The van der Waals surface area contributed by atoms with E-state index in [9.17, 15) is 5.11 Å². The Morgan fingerprint density at radius 2 is 1.86 bits per heavy atom. The lowest BCUT2D eigenvalue weighted by atomic mass is 9.93. The summed E-state index contributed by atoms with van der Waals surface area (Å²) in [5, 5.41) is 16.3. The van der Waals surface area contributed by atoms with Crippen LogP contribution in [0, 0.1) is 0 Å². The van der Waals surface area contributed by atoms with E-state index in [4.69, 9.17) is 0 Å². The van der Waals surface area contributed by atoms with Crippen molar-refractivity contribution < 1.29 is 5.11 Å². The fourth-order valence-corrected chi connectivity index (χ4v) is 2.76.